The number of nitrogens with one attached hydrogen (secondary N) is 2. The molecule has 19 heavy (non-hydrogen) atoms. The lowest BCUT2D eigenvalue weighted by atomic mass is 10.2. The van der Waals surface area contributed by atoms with E-state index in [1.165, 1.54) is 0 Å². The number of carbonyl (C=O) groups is 1. The first-order valence-corrected chi connectivity index (χ1v) is 6.97. The van der Waals surface area contributed by atoms with Gasteiger partial charge >= 0.3 is 0 Å². The molecule has 104 valence electrons. The minimum atomic E-state index is -0.128. The fourth-order valence-electron chi connectivity index (χ4n) is 1.98. The van der Waals surface area contributed by atoms with Gasteiger partial charge in [0.05, 0.1) is 12.6 Å². The second kappa shape index (κ2) is 7.10. The predicted octanol–water partition coefficient (Wildman–Crippen LogP) is 2.70. The van der Waals surface area contributed by atoms with E-state index in [2.05, 4.69) is 10.6 Å². The summed E-state index contributed by atoms with van der Waals surface area (Å²) in [7, 11) is 0. The van der Waals surface area contributed by atoms with E-state index in [4.69, 9.17) is 27.9 Å². The van der Waals surface area contributed by atoms with Gasteiger partial charge in [-0.2, -0.15) is 0 Å². The maximum atomic E-state index is 11.7. The highest BCUT2D eigenvalue weighted by Gasteiger charge is 2.15. The molecular formula is C13H16Cl2N2O2. The minimum absolute atomic E-state index is 0.128. The molecule has 0 spiro atoms. The predicted molar refractivity (Wildman–Crippen MR) is 76.9 cm³/mol. The number of halogens is 2. The zero-order valence-electron chi connectivity index (χ0n) is 10.4. The van der Waals surface area contributed by atoms with Gasteiger partial charge in [-0.1, -0.05) is 23.2 Å². The number of anilines is 1. The molecule has 1 fully saturated rings. The molecule has 0 radical (unpaired) electrons. The van der Waals surface area contributed by atoms with Gasteiger partial charge in [-0.3, -0.25) is 4.79 Å². The van der Waals surface area contributed by atoms with Crippen LogP contribution in [0.5, 0.6) is 0 Å². The fraction of sp³-hybridized carbons (Fsp3) is 0.462. The second-order valence-electron chi connectivity index (χ2n) is 4.47. The molecule has 1 unspecified atom stereocenters. The van der Waals surface area contributed by atoms with Crippen LogP contribution >= 0.6 is 23.2 Å². The summed E-state index contributed by atoms with van der Waals surface area (Å²) in [6, 6.07) is 4.94. The molecule has 1 aliphatic rings. The Labute approximate surface area is 122 Å². The molecule has 1 aliphatic heterocycles. The average Bonchev–Trinajstić information content (AvgIpc) is 2.80. The molecule has 1 saturated heterocycles. The van der Waals surface area contributed by atoms with Crippen molar-refractivity contribution >= 4 is 34.8 Å². The van der Waals surface area contributed by atoms with Gasteiger partial charge in [-0.15, -0.1) is 0 Å². The smallest absolute Gasteiger partial charge is 0.238 e. The number of hydrogen-bond donors (Lipinski definition) is 2. The first-order valence-electron chi connectivity index (χ1n) is 6.22. The Bertz CT molecular complexity index is 428. The van der Waals surface area contributed by atoms with E-state index in [9.17, 15) is 4.79 Å². The topological polar surface area (TPSA) is 50.4 Å². The van der Waals surface area contributed by atoms with Gasteiger partial charge in [-0.25, -0.2) is 0 Å². The second-order valence-corrected chi connectivity index (χ2v) is 5.35. The van der Waals surface area contributed by atoms with Gasteiger partial charge in [-0.05, 0) is 31.0 Å². The molecule has 1 heterocycles. The SMILES string of the molecule is O=C(CNCC1CCCO1)Nc1cc(Cl)cc(Cl)c1. The summed E-state index contributed by atoms with van der Waals surface area (Å²) in [6.07, 6.45) is 2.38. The molecule has 1 aromatic rings. The van der Waals surface area contributed by atoms with Gasteiger partial charge in [0.2, 0.25) is 5.91 Å². The summed E-state index contributed by atoms with van der Waals surface area (Å²) in [5.74, 6) is -0.128. The third-order valence-electron chi connectivity index (χ3n) is 2.83. The molecule has 0 aromatic heterocycles. The van der Waals surface area contributed by atoms with Gasteiger partial charge in [0, 0.05) is 28.9 Å². The van der Waals surface area contributed by atoms with E-state index in [-0.39, 0.29) is 18.6 Å². The Kier molecular flexibility index (Phi) is 5.45. The van der Waals surface area contributed by atoms with Crippen LogP contribution in [-0.2, 0) is 9.53 Å². The number of hydrogen-bond acceptors (Lipinski definition) is 3. The van der Waals surface area contributed by atoms with Crippen molar-refractivity contribution in [1.82, 2.24) is 5.32 Å². The zero-order chi connectivity index (χ0) is 13.7. The number of carbonyl (C=O) groups excluding carboxylic acids is 1. The van der Waals surface area contributed by atoms with Crippen molar-refractivity contribution in [3.05, 3.63) is 28.2 Å². The van der Waals surface area contributed by atoms with E-state index in [1.807, 2.05) is 0 Å². The van der Waals surface area contributed by atoms with Crippen LogP contribution in [0.4, 0.5) is 5.69 Å². The van der Waals surface area contributed by atoms with Crippen molar-refractivity contribution in [3.8, 4) is 0 Å². The molecule has 1 atom stereocenters. The van der Waals surface area contributed by atoms with E-state index in [0.29, 0.717) is 22.3 Å². The standard InChI is InChI=1S/C13H16Cl2N2O2/c14-9-4-10(15)6-11(5-9)17-13(18)8-16-7-12-2-1-3-19-12/h4-6,12,16H,1-3,7-8H2,(H,17,18). The quantitative estimate of drug-likeness (QED) is 0.879. The highest BCUT2D eigenvalue weighted by Crippen LogP contribution is 2.22. The average molecular weight is 303 g/mol. The third kappa shape index (κ3) is 4.99. The van der Waals surface area contributed by atoms with Crippen LogP contribution in [0.1, 0.15) is 12.8 Å². The monoisotopic (exact) mass is 302 g/mol. The third-order valence-corrected chi connectivity index (χ3v) is 3.26. The molecule has 1 amide bonds. The van der Waals surface area contributed by atoms with Crippen LogP contribution in [0.15, 0.2) is 18.2 Å². The summed E-state index contributed by atoms with van der Waals surface area (Å²) in [5, 5.41) is 6.80. The summed E-state index contributed by atoms with van der Waals surface area (Å²) in [6.45, 7) is 1.76. The van der Waals surface area contributed by atoms with Gasteiger partial charge in [0.25, 0.3) is 0 Å². The van der Waals surface area contributed by atoms with Gasteiger partial charge < -0.3 is 15.4 Å². The summed E-state index contributed by atoms with van der Waals surface area (Å²) in [5.41, 5.74) is 0.599. The van der Waals surface area contributed by atoms with Crippen molar-refractivity contribution in [2.45, 2.75) is 18.9 Å². The van der Waals surface area contributed by atoms with Crippen LogP contribution < -0.4 is 10.6 Å². The van der Waals surface area contributed by atoms with Crippen LogP contribution in [0.3, 0.4) is 0 Å². The molecule has 2 N–H and O–H groups in total. The summed E-state index contributed by atoms with van der Waals surface area (Å²) >= 11 is 11.7. The van der Waals surface area contributed by atoms with E-state index < -0.39 is 0 Å². The van der Waals surface area contributed by atoms with Crippen LogP contribution in [0, 0.1) is 0 Å². The van der Waals surface area contributed by atoms with E-state index in [1.54, 1.807) is 18.2 Å². The Hall–Kier alpha value is -0.810. The highest BCUT2D eigenvalue weighted by molar-refractivity contribution is 6.35. The maximum Gasteiger partial charge on any atom is 0.238 e. The normalized spacial score (nSPS) is 18.5. The first kappa shape index (κ1) is 14.6. The lowest BCUT2D eigenvalue weighted by Gasteiger charge is -2.11. The van der Waals surface area contributed by atoms with Crippen molar-refractivity contribution in [2.75, 3.05) is 25.0 Å². The lowest BCUT2D eigenvalue weighted by Crippen LogP contribution is -2.33. The molecule has 0 bridgehead atoms. The molecule has 1 aromatic carbocycles. The molecule has 0 aliphatic carbocycles. The maximum absolute atomic E-state index is 11.7. The molecular weight excluding hydrogens is 287 g/mol. The zero-order valence-corrected chi connectivity index (χ0v) is 11.9. The Morgan fingerprint density at radius 2 is 2.05 bits per heavy atom. The number of ether oxygens (including phenoxy) is 1. The molecule has 6 heteroatoms. The highest BCUT2D eigenvalue weighted by atomic mass is 35.5. The van der Waals surface area contributed by atoms with Crippen molar-refractivity contribution in [1.29, 1.82) is 0 Å². The number of benzene rings is 1. The van der Waals surface area contributed by atoms with Crippen molar-refractivity contribution in [2.24, 2.45) is 0 Å². The number of amides is 1. The van der Waals surface area contributed by atoms with Crippen LogP contribution in [-0.4, -0.2) is 31.7 Å². The Morgan fingerprint density at radius 3 is 2.68 bits per heavy atom. The Morgan fingerprint density at radius 1 is 1.32 bits per heavy atom. The number of rotatable bonds is 5. The molecule has 2 rings (SSSR count). The van der Waals surface area contributed by atoms with Crippen LogP contribution in [0.2, 0.25) is 10.0 Å². The Balaban J connectivity index is 1.74. The van der Waals surface area contributed by atoms with Gasteiger partial charge in [0.15, 0.2) is 0 Å². The fourth-order valence-corrected chi connectivity index (χ4v) is 2.51. The summed E-state index contributed by atoms with van der Waals surface area (Å²) in [4.78, 5) is 11.7. The van der Waals surface area contributed by atoms with Crippen LogP contribution in [0.25, 0.3) is 0 Å². The van der Waals surface area contributed by atoms with Crippen molar-refractivity contribution in [3.63, 3.8) is 0 Å². The summed E-state index contributed by atoms with van der Waals surface area (Å²) < 4.78 is 5.46. The molecule has 4 nitrogen and oxygen atoms in total. The minimum Gasteiger partial charge on any atom is -0.377 e. The lowest BCUT2D eigenvalue weighted by molar-refractivity contribution is -0.115. The first-order chi connectivity index (χ1) is 9.13. The van der Waals surface area contributed by atoms with Crippen molar-refractivity contribution < 1.29 is 9.53 Å². The largest absolute Gasteiger partial charge is 0.377 e. The van der Waals surface area contributed by atoms with Gasteiger partial charge in [0.1, 0.15) is 0 Å². The van der Waals surface area contributed by atoms with E-state index >= 15 is 0 Å². The molecule has 0 saturated carbocycles. The van der Waals surface area contributed by atoms with E-state index in [0.717, 1.165) is 19.4 Å².